The normalized spacial score (nSPS) is 27.8. The molecule has 446 valence electrons. The Bertz CT molecular complexity index is 2180. The van der Waals surface area contributed by atoms with Gasteiger partial charge in [-0.25, -0.2) is 14.4 Å². The lowest BCUT2D eigenvalue weighted by Gasteiger charge is -2.32. The van der Waals surface area contributed by atoms with Crippen LogP contribution >= 0.6 is 0 Å². The number of unbranched alkanes of at least 4 members (excludes halogenated alkanes) is 6. The zero-order chi connectivity index (χ0) is 59.3. The second-order valence-corrected chi connectivity index (χ2v) is 20.5. The molecule has 0 aromatic heterocycles. The van der Waals surface area contributed by atoms with Crippen molar-refractivity contribution in [1.29, 1.82) is 0 Å². The highest BCUT2D eigenvalue weighted by Gasteiger charge is 2.47. The molecule has 3 aliphatic heterocycles. The maximum atomic E-state index is 14.1. The van der Waals surface area contributed by atoms with Crippen LogP contribution in [0.1, 0.15) is 124 Å². The van der Waals surface area contributed by atoms with Crippen molar-refractivity contribution in [2.24, 2.45) is 22.4 Å². The smallest absolute Gasteiger partial charge is 0.335 e. The van der Waals surface area contributed by atoms with Gasteiger partial charge in [-0.1, -0.05) is 58.8 Å². The van der Waals surface area contributed by atoms with Gasteiger partial charge in [0.1, 0.15) is 48.4 Å². The Kier molecular flexibility index (Phi) is 27.2. The molecular weight excluding hydrogens is 1050 g/mol. The van der Waals surface area contributed by atoms with Gasteiger partial charge in [0.2, 0.25) is 47.3 Å². The van der Waals surface area contributed by atoms with E-state index in [0.717, 1.165) is 50.3 Å². The number of guanidine groups is 1. The van der Waals surface area contributed by atoms with E-state index in [4.69, 9.17) is 16.2 Å². The molecule has 17 N–H and O–H groups in total. The van der Waals surface area contributed by atoms with Crippen LogP contribution in [0.15, 0.2) is 4.99 Å². The Morgan fingerprint density at radius 2 is 1.24 bits per heavy atom. The van der Waals surface area contributed by atoms with Gasteiger partial charge in [-0.2, -0.15) is 0 Å². The molecule has 3 aliphatic rings. The number of hydrogen-bond acceptors (Lipinski definition) is 18. The number of cyclic esters (lactones) is 1. The van der Waals surface area contributed by atoms with E-state index < -0.39 is 164 Å². The van der Waals surface area contributed by atoms with E-state index in [1.54, 1.807) is 0 Å². The number of hydrogen-bond donors (Lipinski definition) is 15. The SMILES string of the molecule is CC(C)CCCCCCCCCC1CC(=O)N[C@@H]([C@@H](C)O)C(=O)N[C@@H](C)C(=O)N2CCC[C@H]2C(=O)N[C@@H](CCCN=C(N)N)C(=O)N[C@@H](C(O)C(=O)O)C(=O)N[C@@H](CO)C(=O)N2CC[C@H](O)[C@H]2C(=O)N[C@H](C(O)C(=O)O)C(=O)O1. The number of nitrogens with two attached hydrogens (primary N) is 2. The van der Waals surface area contributed by atoms with Gasteiger partial charge in [0.05, 0.1) is 25.2 Å². The molecule has 0 aromatic carbocycles. The summed E-state index contributed by atoms with van der Waals surface area (Å²) in [5.41, 5.74) is 10.8. The number of rotatable bonds is 20. The topological polar surface area (TPSA) is 482 Å². The fourth-order valence-electron chi connectivity index (χ4n) is 9.37. The highest BCUT2D eigenvalue weighted by Crippen LogP contribution is 2.23. The van der Waals surface area contributed by atoms with Crippen molar-refractivity contribution in [3.8, 4) is 0 Å². The van der Waals surface area contributed by atoms with Crippen LogP contribution in [0.25, 0.3) is 0 Å². The number of carboxylic acids is 2. The van der Waals surface area contributed by atoms with Crippen LogP contribution in [-0.2, 0) is 57.5 Å². The second-order valence-electron chi connectivity index (χ2n) is 20.5. The predicted octanol–water partition coefficient (Wildman–Crippen LogP) is -5.33. The van der Waals surface area contributed by atoms with Gasteiger partial charge in [0, 0.05) is 19.6 Å². The van der Waals surface area contributed by atoms with Crippen LogP contribution in [0, 0.1) is 5.92 Å². The molecule has 3 saturated heterocycles. The van der Waals surface area contributed by atoms with Gasteiger partial charge in [-0.3, -0.25) is 43.3 Å². The lowest BCUT2D eigenvalue weighted by Crippen LogP contribution is -2.64. The van der Waals surface area contributed by atoms with Gasteiger partial charge in [-0.15, -0.1) is 0 Å². The number of aliphatic hydroxyl groups is 5. The number of carbonyl (C=O) groups excluding carboxylic acids is 9. The van der Waals surface area contributed by atoms with Crippen molar-refractivity contribution in [3.05, 3.63) is 0 Å². The van der Waals surface area contributed by atoms with Crippen molar-refractivity contribution in [3.63, 3.8) is 0 Å². The molecule has 3 fully saturated rings. The summed E-state index contributed by atoms with van der Waals surface area (Å²) in [6.45, 7) is 4.75. The van der Waals surface area contributed by atoms with E-state index in [1.165, 1.54) is 6.92 Å². The summed E-state index contributed by atoms with van der Waals surface area (Å²) in [5, 5.41) is 86.5. The van der Waals surface area contributed by atoms with Gasteiger partial charge >= 0.3 is 17.9 Å². The number of fused-ring (bicyclic) bond motifs is 2. The first-order valence-electron chi connectivity index (χ1n) is 26.7. The quantitative estimate of drug-likeness (QED) is 0.0234. The molecule has 3 unspecified atom stereocenters. The maximum Gasteiger partial charge on any atom is 0.335 e. The fraction of sp³-hybridized carbons (Fsp3) is 0.755. The molecule has 13 atom stereocenters. The van der Waals surface area contributed by atoms with Crippen LogP contribution in [0.4, 0.5) is 0 Å². The number of aliphatic hydroxyl groups excluding tert-OH is 5. The second kappa shape index (κ2) is 32.3. The van der Waals surface area contributed by atoms with E-state index in [-0.39, 0.29) is 57.6 Å². The number of nitrogens with zero attached hydrogens (tertiary/aromatic N) is 3. The predicted molar refractivity (Wildman–Crippen MR) is 275 cm³/mol. The van der Waals surface area contributed by atoms with Crippen molar-refractivity contribution in [2.45, 2.75) is 203 Å². The van der Waals surface area contributed by atoms with Crippen molar-refractivity contribution < 1.29 is 93.2 Å². The first-order chi connectivity index (χ1) is 37.2. The molecule has 79 heavy (non-hydrogen) atoms. The lowest BCUT2D eigenvalue weighted by atomic mass is 10.0. The molecule has 30 heteroatoms. The molecule has 0 spiro atoms. The fourth-order valence-corrected chi connectivity index (χ4v) is 9.37. The molecule has 0 saturated carbocycles. The van der Waals surface area contributed by atoms with Crippen LogP contribution in [0.5, 0.6) is 0 Å². The first kappa shape index (κ1) is 66.5. The van der Waals surface area contributed by atoms with Crippen LogP contribution in [0.3, 0.4) is 0 Å². The van der Waals surface area contributed by atoms with E-state index in [2.05, 4.69) is 34.8 Å². The number of aliphatic imine (C=N–C) groups is 1. The summed E-state index contributed by atoms with van der Waals surface area (Å²) >= 11 is 0. The molecule has 3 rings (SSSR count). The zero-order valence-electron chi connectivity index (χ0n) is 45.0. The van der Waals surface area contributed by atoms with Gasteiger partial charge < -0.3 is 93.7 Å². The number of ether oxygens (including phenoxy) is 1. The number of carbonyl (C=O) groups is 11. The Labute approximate surface area is 456 Å². The third-order valence-electron chi connectivity index (χ3n) is 13.7. The minimum atomic E-state index is -2.77. The molecule has 0 aromatic rings. The highest BCUT2D eigenvalue weighted by atomic mass is 16.5. The van der Waals surface area contributed by atoms with Crippen molar-refractivity contribution >= 4 is 71.1 Å². The summed E-state index contributed by atoms with van der Waals surface area (Å²) < 4.78 is 5.60. The number of esters is 1. The lowest BCUT2D eigenvalue weighted by molar-refractivity contribution is -0.165. The number of carboxylic acid groups (broad SMARTS) is 2. The summed E-state index contributed by atoms with van der Waals surface area (Å²) in [7, 11) is 0. The largest absolute Gasteiger partial charge is 0.479 e. The molecule has 0 radical (unpaired) electrons. The van der Waals surface area contributed by atoms with E-state index in [9.17, 15) is 88.5 Å². The minimum Gasteiger partial charge on any atom is -0.479 e. The molecule has 0 bridgehead atoms. The van der Waals surface area contributed by atoms with Crippen LogP contribution in [-0.4, -0.2) is 222 Å². The number of aliphatic carboxylic acids is 2. The third-order valence-corrected chi connectivity index (χ3v) is 13.7. The zero-order valence-corrected chi connectivity index (χ0v) is 45.0. The Morgan fingerprint density at radius 1 is 0.658 bits per heavy atom. The molecular formula is C49H81N11O19. The average Bonchev–Trinajstić information content (AvgIpc) is 4.05. The maximum absolute atomic E-state index is 14.1. The van der Waals surface area contributed by atoms with Crippen LogP contribution < -0.4 is 43.4 Å². The molecule has 30 nitrogen and oxygen atoms in total. The third kappa shape index (κ3) is 20.4. The minimum absolute atomic E-state index is 0.0308. The number of amides is 8. The summed E-state index contributed by atoms with van der Waals surface area (Å²) in [6.07, 6.45) is -4.92. The summed E-state index contributed by atoms with van der Waals surface area (Å²) in [4.78, 5) is 155. The summed E-state index contributed by atoms with van der Waals surface area (Å²) in [6, 6.07) is -15.3. The van der Waals surface area contributed by atoms with Gasteiger partial charge in [-0.05, 0) is 64.7 Å². The molecule has 3 heterocycles. The van der Waals surface area contributed by atoms with Gasteiger partial charge in [0.15, 0.2) is 24.2 Å². The van der Waals surface area contributed by atoms with Crippen molar-refractivity contribution in [1.82, 2.24) is 41.7 Å². The molecule has 8 amide bonds. The summed E-state index contributed by atoms with van der Waals surface area (Å²) in [5.74, 6) is -15.0. The van der Waals surface area contributed by atoms with Gasteiger partial charge in [0.25, 0.3) is 0 Å². The van der Waals surface area contributed by atoms with E-state index in [1.807, 2.05) is 16.0 Å². The molecule has 0 aliphatic carbocycles. The average molecular weight is 1130 g/mol. The van der Waals surface area contributed by atoms with E-state index >= 15 is 0 Å². The van der Waals surface area contributed by atoms with Crippen molar-refractivity contribution in [2.75, 3.05) is 26.2 Å². The van der Waals surface area contributed by atoms with Crippen LogP contribution in [0.2, 0.25) is 0 Å². The first-order valence-corrected chi connectivity index (χ1v) is 26.7. The van der Waals surface area contributed by atoms with E-state index in [0.29, 0.717) is 23.7 Å². The number of nitrogens with one attached hydrogen (secondary N) is 6. The highest BCUT2D eigenvalue weighted by molar-refractivity contribution is 6.00. The Balaban J connectivity index is 2.11. The monoisotopic (exact) mass is 1130 g/mol. The Morgan fingerprint density at radius 3 is 1.84 bits per heavy atom. The Hall–Kier alpha value is -6.76. The standard InChI is InChI=1S/C49H81N11O19/c1-24(2)14-10-8-6-5-7-9-11-15-27-22-32(64)56-33(26(4)62)41(69)53-25(3)44(72)59-20-13-17-30(59)40(68)54-28(16-12-19-52-49(50)51)39(67)57-34(37(65)46(74)75)42(70)55-29(23-61)45(73)60-21-18-31(63)36(60)43(71)58-35(48(78)79-27)38(66)47(76)77/h24-31,33-38,61-63,65-66H,5-23H2,1-4H3,(H,53,69)(H,54,68)(H,55,70)(H,56,64)(H,57,67)(H,58,71)(H,74,75)(H,76,77)(H4,50,51,52)/t25-,26+,27?,28-,29-,30-,31-,33-,34-,35+,36-,37?,38?/m0/s1.